The second-order valence-corrected chi connectivity index (χ2v) is 4.43. The van der Waals surface area contributed by atoms with Crippen molar-refractivity contribution in [2.75, 3.05) is 12.4 Å². The van der Waals surface area contributed by atoms with E-state index in [1.54, 1.807) is 30.8 Å². The van der Waals surface area contributed by atoms with Gasteiger partial charge in [0.15, 0.2) is 0 Å². The van der Waals surface area contributed by atoms with E-state index in [2.05, 4.69) is 20.3 Å². The SMILES string of the molecule is CNc1nc(Oc2cccnc2)c2ccsc2n1. The molecule has 0 aliphatic rings. The summed E-state index contributed by atoms with van der Waals surface area (Å²) in [6.07, 6.45) is 3.35. The van der Waals surface area contributed by atoms with Gasteiger partial charge in [0.25, 0.3) is 0 Å². The molecule has 0 aliphatic heterocycles. The molecule has 90 valence electrons. The minimum Gasteiger partial charge on any atom is -0.437 e. The van der Waals surface area contributed by atoms with Gasteiger partial charge < -0.3 is 10.1 Å². The fourth-order valence-corrected chi connectivity index (χ4v) is 2.29. The van der Waals surface area contributed by atoms with Crippen molar-refractivity contribution in [2.24, 2.45) is 0 Å². The predicted molar refractivity (Wildman–Crippen MR) is 71.3 cm³/mol. The molecule has 0 radical (unpaired) electrons. The molecule has 18 heavy (non-hydrogen) atoms. The number of hydrogen-bond acceptors (Lipinski definition) is 6. The highest BCUT2D eigenvalue weighted by atomic mass is 32.1. The van der Waals surface area contributed by atoms with Crippen molar-refractivity contribution in [1.29, 1.82) is 0 Å². The number of hydrogen-bond donors (Lipinski definition) is 1. The Kier molecular flexibility index (Phi) is 2.77. The molecular formula is C12H10N4OS. The molecular weight excluding hydrogens is 248 g/mol. The minimum atomic E-state index is 0.540. The molecule has 0 bridgehead atoms. The molecule has 0 atom stereocenters. The first-order chi connectivity index (χ1) is 8.86. The van der Waals surface area contributed by atoms with E-state index >= 15 is 0 Å². The second kappa shape index (κ2) is 4.58. The lowest BCUT2D eigenvalue weighted by atomic mass is 10.4. The highest BCUT2D eigenvalue weighted by molar-refractivity contribution is 7.16. The van der Waals surface area contributed by atoms with E-state index < -0.39 is 0 Å². The van der Waals surface area contributed by atoms with Crippen LogP contribution in [0.3, 0.4) is 0 Å². The molecule has 6 heteroatoms. The number of pyridine rings is 1. The van der Waals surface area contributed by atoms with E-state index in [1.807, 2.05) is 23.6 Å². The number of nitrogens with zero attached hydrogens (tertiary/aromatic N) is 3. The number of ether oxygens (including phenoxy) is 1. The summed E-state index contributed by atoms with van der Waals surface area (Å²) in [6.45, 7) is 0. The van der Waals surface area contributed by atoms with Crippen molar-refractivity contribution in [3.05, 3.63) is 36.0 Å². The van der Waals surface area contributed by atoms with Crippen LogP contribution in [0.2, 0.25) is 0 Å². The van der Waals surface area contributed by atoms with E-state index in [0.717, 1.165) is 10.2 Å². The lowest BCUT2D eigenvalue weighted by Gasteiger charge is -2.06. The molecule has 0 spiro atoms. The van der Waals surface area contributed by atoms with Crippen molar-refractivity contribution in [3.8, 4) is 11.6 Å². The monoisotopic (exact) mass is 258 g/mol. The van der Waals surface area contributed by atoms with Crippen molar-refractivity contribution in [2.45, 2.75) is 0 Å². The largest absolute Gasteiger partial charge is 0.437 e. The summed E-state index contributed by atoms with van der Waals surface area (Å²) in [5, 5.41) is 5.80. The molecule has 3 aromatic heterocycles. The van der Waals surface area contributed by atoms with Crippen LogP contribution in [0.25, 0.3) is 10.2 Å². The zero-order valence-electron chi connectivity index (χ0n) is 9.62. The van der Waals surface area contributed by atoms with Gasteiger partial charge in [-0.25, -0.2) is 4.98 Å². The Morgan fingerprint density at radius 2 is 2.22 bits per heavy atom. The van der Waals surface area contributed by atoms with Crippen LogP contribution in [-0.2, 0) is 0 Å². The van der Waals surface area contributed by atoms with Crippen molar-refractivity contribution >= 4 is 27.5 Å². The Labute approximate surface area is 107 Å². The van der Waals surface area contributed by atoms with Crippen LogP contribution in [0.5, 0.6) is 11.6 Å². The molecule has 0 amide bonds. The zero-order valence-corrected chi connectivity index (χ0v) is 10.4. The topological polar surface area (TPSA) is 59.9 Å². The summed E-state index contributed by atoms with van der Waals surface area (Å²) in [4.78, 5) is 13.6. The van der Waals surface area contributed by atoms with Gasteiger partial charge >= 0.3 is 0 Å². The molecule has 0 unspecified atom stereocenters. The fraction of sp³-hybridized carbons (Fsp3) is 0.0833. The summed E-state index contributed by atoms with van der Waals surface area (Å²) >= 11 is 1.55. The van der Waals surface area contributed by atoms with Gasteiger partial charge in [0.1, 0.15) is 10.6 Å². The average Bonchev–Trinajstić information content (AvgIpc) is 2.88. The van der Waals surface area contributed by atoms with E-state index in [0.29, 0.717) is 17.6 Å². The number of anilines is 1. The highest BCUT2D eigenvalue weighted by Crippen LogP contribution is 2.30. The Morgan fingerprint density at radius 1 is 1.28 bits per heavy atom. The molecule has 3 rings (SSSR count). The third-order valence-corrected chi connectivity index (χ3v) is 3.17. The smallest absolute Gasteiger partial charge is 0.232 e. The first-order valence-corrected chi connectivity index (χ1v) is 6.25. The van der Waals surface area contributed by atoms with Crippen LogP contribution in [0.4, 0.5) is 5.95 Å². The maximum absolute atomic E-state index is 5.75. The molecule has 3 heterocycles. The van der Waals surface area contributed by atoms with E-state index in [1.165, 1.54) is 0 Å². The molecule has 0 aliphatic carbocycles. The quantitative estimate of drug-likeness (QED) is 0.782. The van der Waals surface area contributed by atoms with Crippen LogP contribution in [-0.4, -0.2) is 22.0 Å². The zero-order chi connectivity index (χ0) is 12.4. The van der Waals surface area contributed by atoms with Gasteiger partial charge in [0.2, 0.25) is 11.8 Å². The summed E-state index contributed by atoms with van der Waals surface area (Å²) in [5.74, 6) is 1.74. The molecule has 0 fully saturated rings. The van der Waals surface area contributed by atoms with Crippen LogP contribution in [0, 0.1) is 0 Å². The van der Waals surface area contributed by atoms with Gasteiger partial charge in [0, 0.05) is 13.2 Å². The van der Waals surface area contributed by atoms with Crippen LogP contribution in [0.1, 0.15) is 0 Å². The van der Waals surface area contributed by atoms with Crippen molar-refractivity contribution < 1.29 is 4.74 Å². The van der Waals surface area contributed by atoms with Gasteiger partial charge in [-0.2, -0.15) is 4.98 Å². The van der Waals surface area contributed by atoms with Crippen molar-refractivity contribution in [3.63, 3.8) is 0 Å². The van der Waals surface area contributed by atoms with Gasteiger partial charge in [-0.1, -0.05) is 0 Å². The predicted octanol–water partition coefficient (Wildman–Crippen LogP) is 2.92. The van der Waals surface area contributed by atoms with Crippen LogP contribution >= 0.6 is 11.3 Å². The first kappa shape index (κ1) is 10.9. The molecule has 5 nitrogen and oxygen atoms in total. The first-order valence-electron chi connectivity index (χ1n) is 5.37. The van der Waals surface area contributed by atoms with Gasteiger partial charge in [-0.05, 0) is 23.6 Å². The number of nitrogens with one attached hydrogen (secondary N) is 1. The summed E-state index contributed by atoms with van der Waals surface area (Å²) in [5.41, 5.74) is 0. The number of rotatable bonds is 3. The van der Waals surface area contributed by atoms with Crippen LogP contribution < -0.4 is 10.1 Å². The van der Waals surface area contributed by atoms with E-state index in [4.69, 9.17) is 4.74 Å². The molecule has 0 saturated carbocycles. The summed E-state index contributed by atoms with van der Waals surface area (Å²) < 4.78 is 5.75. The number of aromatic nitrogens is 3. The van der Waals surface area contributed by atoms with Gasteiger partial charge in [-0.3, -0.25) is 4.98 Å². The molecule has 1 N–H and O–H groups in total. The highest BCUT2D eigenvalue weighted by Gasteiger charge is 2.10. The number of thiophene rings is 1. The standard InChI is InChI=1S/C12H10N4OS/c1-13-12-15-10(9-4-6-18-11(9)16-12)17-8-3-2-5-14-7-8/h2-7H,1H3,(H,13,15,16). The minimum absolute atomic E-state index is 0.540. The van der Waals surface area contributed by atoms with Gasteiger partial charge in [0.05, 0.1) is 11.6 Å². The number of fused-ring (bicyclic) bond motifs is 1. The molecule has 0 saturated heterocycles. The lowest BCUT2D eigenvalue weighted by molar-refractivity contribution is 0.467. The van der Waals surface area contributed by atoms with Crippen LogP contribution in [0.15, 0.2) is 36.0 Å². The summed E-state index contributed by atoms with van der Waals surface area (Å²) in [7, 11) is 1.78. The lowest BCUT2D eigenvalue weighted by Crippen LogP contribution is -1.98. The third kappa shape index (κ3) is 1.98. The van der Waals surface area contributed by atoms with E-state index in [9.17, 15) is 0 Å². The Balaban J connectivity index is 2.07. The second-order valence-electron chi connectivity index (χ2n) is 3.53. The Hall–Kier alpha value is -2.21. The van der Waals surface area contributed by atoms with E-state index in [-0.39, 0.29) is 0 Å². The molecule has 0 aromatic carbocycles. The van der Waals surface area contributed by atoms with Crippen molar-refractivity contribution in [1.82, 2.24) is 15.0 Å². The molecule has 3 aromatic rings. The normalized spacial score (nSPS) is 10.5. The average molecular weight is 258 g/mol. The Morgan fingerprint density at radius 3 is 3.00 bits per heavy atom. The third-order valence-electron chi connectivity index (χ3n) is 2.36. The maximum atomic E-state index is 5.75. The summed E-state index contributed by atoms with van der Waals surface area (Å²) in [6, 6.07) is 5.61. The maximum Gasteiger partial charge on any atom is 0.232 e. The Bertz CT molecular complexity index is 668. The van der Waals surface area contributed by atoms with Gasteiger partial charge in [-0.15, -0.1) is 11.3 Å². The fourth-order valence-electron chi connectivity index (χ4n) is 1.54.